The molecule has 2 heterocycles. The number of rotatable bonds is 5. The summed E-state index contributed by atoms with van der Waals surface area (Å²) in [5, 5.41) is 13.3. The number of nitrogens with one attached hydrogen (secondary N) is 1. The van der Waals surface area contributed by atoms with Crippen molar-refractivity contribution in [3.8, 4) is 11.5 Å². The minimum atomic E-state index is -0.681. The molecule has 0 radical (unpaired) electrons. The number of aliphatic hydroxyl groups excluding tert-OH is 1. The molecule has 2 bridgehead atoms. The minimum absolute atomic E-state index is 0.0916. The van der Waals surface area contributed by atoms with E-state index in [0.29, 0.717) is 30.4 Å². The predicted molar refractivity (Wildman–Crippen MR) is 109 cm³/mol. The number of piperidine rings is 1. The summed E-state index contributed by atoms with van der Waals surface area (Å²) in [6.45, 7) is 0.948. The van der Waals surface area contributed by atoms with Crippen LogP contribution in [0.2, 0.25) is 0 Å². The maximum atomic E-state index is 12.4. The highest BCUT2D eigenvalue weighted by Gasteiger charge is 2.64. The van der Waals surface area contributed by atoms with Gasteiger partial charge in [0.1, 0.15) is 12.2 Å². The fourth-order valence-electron chi connectivity index (χ4n) is 6.00. The third kappa shape index (κ3) is 2.72. The number of benzene rings is 1. The van der Waals surface area contributed by atoms with Crippen molar-refractivity contribution in [1.82, 2.24) is 10.2 Å². The fraction of sp³-hybridized carbons (Fsp3) is 0.565. The van der Waals surface area contributed by atoms with Gasteiger partial charge in [0.25, 0.3) is 0 Å². The van der Waals surface area contributed by atoms with Crippen molar-refractivity contribution in [2.45, 2.75) is 55.8 Å². The van der Waals surface area contributed by atoms with Crippen LogP contribution in [0.1, 0.15) is 36.8 Å². The van der Waals surface area contributed by atoms with Gasteiger partial charge in [-0.25, -0.2) is 0 Å². The number of amides is 1. The number of aliphatic hydroxyl groups is 1. The van der Waals surface area contributed by atoms with Gasteiger partial charge in [-0.3, -0.25) is 9.59 Å². The lowest BCUT2D eigenvalue weighted by molar-refractivity contribution is -0.134. The van der Waals surface area contributed by atoms with Crippen LogP contribution in [0.3, 0.4) is 0 Å². The van der Waals surface area contributed by atoms with Gasteiger partial charge in [-0.2, -0.15) is 0 Å². The van der Waals surface area contributed by atoms with Gasteiger partial charge in [0.15, 0.2) is 11.5 Å². The second kappa shape index (κ2) is 7.10. The molecule has 5 rings (SSSR count). The first-order chi connectivity index (χ1) is 14.5. The van der Waals surface area contributed by atoms with Gasteiger partial charge < -0.3 is 24.8 Å². The summed E-state index contributed by atoms with van der Waals surface area (Å²) in [5.74, 6) is 0.847. The van der Waals surface area contributed by atoms with Crippen LogP contribution >= 0.6 is 0 Å². The van der Waals surface area contributed by atoms with E-state index in [9.17, 15) is 14.7 Å². The van der Waals surface area contributed by atoms with Crippen molar-refractivity contribution in [2.75, 3.05) is 20.6 Å². The van der Waals surface area contributed by atoms with Crippen LogP contribution in [0.5, 0.6) is 11.5 Å². The normalized spacial score (nSPS) is 32.9. The number of likely N-dealkylation sites (tertiary alicyclic amines) is 1. The zero-order valence-electron chi connectivity index (χ0n) is 17.4. The SMILES string of the molecule is CNC(=O)CCCC(=O)Oc1ccc2c3c1O[C@H]1[C@@H](O)C=C[C@H]4[C@@H](C2)N(C)CC[C@@]341. The van der Waals surface area contributed by atoms with Crippen molar-refractivity contribution < 1.29 is 24.2 Å². The molecular weight excluding hydrogens is 384 g/mol. The first-order valence-electron chi connectivity index (χ1n) is 10.8. The summed E-state index contributed by atoms with van der Waals surface area (Å²) in [6, 6.07) is 4.24. The third-order valence-electron chi connectivity index (χ3n) is 7.42. The van der Waals surface area contributed by atoms with Gasteiger partial charge in [0, 0.05) is 42.8 Å². The van der Waals surface area contributed by atoms with Gasteiger partial charge in [0.2, 0.25) is 5.91 Å². The summed E-state index contributed by atoms with van der Waals surface area (Å²) in [5.41, 5.74) is 2.08. The lowest BCUT2D eigenvalue weighted by Crippen LogP contribution is -2.64. The molecule has 2 aliphatic carbocycles. The molecular formula is C23H28N2O5. The first-order valence-corrected chi connectivity index (χ1v) is 10.8. The van der Waals surface area contributed by atoms with Gasteiger partial charge in [-0.05, 0) is 44.5 Å². The van der Waals surface area contributed by atoms with Crippen LogP contribution in [-0.2, 0) is 21.4 Å². The molecule has 7 heteroatoms. The smallest absolute Gasteiger partial charge is 0.311 e. The molecule has 0 saturated carbocycles. The predicted octanol–water partition coefficient (Wildman–Crippen LogP) is 1.31. The van der Waals surface area contributed by atoms with Crippen molar-refractivity contribution in [1.29, 1.82) is 0 Å². The molecule has 7 nitrogen and oxygen atoms in total. The van der Waals surface area contributed by atoms with E-state index in [1.165, 1.54) is 5.56 Å². The molecule has 5 atom stereocenters. The van der Waals surface area contributed by atoms with Crippen molar-refractivity contribution in [2.24, 2.45) is 5.92 Å². The number of nitrogens with zero attached hydrogens (tertiary/aromatic N) is 1. The second-order valence-corrected chi connectivity index (χ2v) is 8.91. The average molecular weight is 412 g/mol. The van der Waals surface area contributed by atoms with Gasteiger partial charge in [-0.15, -0.1) is 0 Å². The van der Waals surface area contributed by atoms with E-state index in [0.717, 1.165) is 24.9 Å². The van der Waals surface area contributed by atoms with E-state index in [2.05, 4.69) is 23.3 Å². The molecule has 2 N–H and O–H groups in total. The zero-order chi connectivity index (χ0) is 21.0. The van der Waals surface area contributed by atoms with Crippen molar-refractivity contribution in [3.63, 3.8) is 0 Å². The Balaban J connectivity index is 1.46. The molecule has 1 saturated heterocycles. The summed E-state index contributed by atoms with van der Waals surface area (Å²) in [7, 11) is 3.75. The van der Waals surface area contributed by atoms with E-state index >= 15 is 0 Å². The van der Waals surface area contributed by atoms with Crippen LogP contribution in [0.4, 0.5) is 0 Å². The fourth-order valence-corrected chi connectivity index (χ4v) is 6.00. The largest absolute Gasteiger partial charge is 0.482 e. The van der Waals surface area contributed by atoms with Crippen LogP contribution in [-0.4, -0.2) is 60.8 Å². The first kappa shape index (κ1) is 19.6. The van der Waals surface area contributed by atoms with Gasteiger partial charge in [0.05, 0.1) is 0 Å². The standard InChI is InChI=1S/C23H28N2O5/c1-24-18(27)4-3-5-19(28)29-17-9-6-13-12-15-14-7-8-16(26)22-23(14,10-11-25(15)2)20(13)21(17)30-22/h6-9,14-16,22,26H,3-5,10-12H2,1-2H3,(H,24,27)/t14-,15+,16-,22-,23-/m0/s1. The van der Waals surface area contributed by atoms with Gasteiger partial charge >= 0.3 is 5.97 Å². The van der Waals surface area contributed by atoms with E-state index in [1.54, 1.807) is 7.05 Å². The lowest BCUT2D eigenvalue weighted by atomic mass is 9.53. The average Bonchev–Trinajstić information content (AvgIpc) is 3.09. The number of carbonyl (C=O) groups excluding carboxylic acids is 2. The molecule has 1 fully saturated rings. The maximum absolute atomic E-state index is 12.4. The Morgan fingerprint density at radius 2 is 2.17 bits per heavy atom. The van der Waals surface area contributed by atoms with E-state index < -0.39 is 6.10 Å². The topological polar surface area (TPSA) is 88.1 Å². The second-order valence-electron chi connectivity index (χ2n) is 8.91. The summed E-state index contributed by atoms with van der Waals surface area (Å²) >= 11 is 0. The van der Waals surface area contributed by atoms with Crippen LogP contribution < -0.4 is 14.8 Å². The van der Waals surface area contributed by atoms with E-state index in [-0.39, 0.29) is 35.7 Å². The number of hydrogen-bond donors (Lipinski definition) is 2. The molecule has 30 heavy (non-hydrogen) atoms. The summed E-state index contributed by atoms with van der Waals surface area (Å²) in [6.07, 6.45) is 5.71. The zero-order valence-corrected chi connectivity index (χ0v) is 17.4. The van der Waals surface area contributed by atoms with Crippen molar-refractivity contribution >= 4 is 11.9 Å². The third-order valence-corrected chi connectivity index (χ3v) is 7.42. The Bertz CT molecular complexity index is 928. The molecule has 2 aliphatic heterocycles. The van der Waals surface area contributed by atoms with Crippen LogP contribution in [0.15, 0.2) is 24.3 Å². The number of carbonyl (C=O) groups is 2. The Morgan fingerprint density at radius 1 is 1.33 bits per heavy atom. The minimum Gasteiger partial charge on any atom is -0.482 e. The van der Waals surface area contributed by atoms with Crippen LogP contribution in [0, 0.1) is 5.92 Å². The Kier molecular flexibility index (Phi) is 4.63. The monoisotopic (exact) mass is 412 g/mol. The summed E-state index contributed by atoms with van der Waals surface area (Å²) in [4.78, 5) is 26.2. The van der Waals surface area contributed by atoms with E-state index in [1.807, 2.05) is 18.2 Å². The highest BCUT2D eigenvalue weighted by molar-refractivity contribution is 5.78. The Morgan fingerprint density at radius 3 is 2.97 bits per heavy atom. The van der Waals surface area contributed by atoms with E-state index in [4.69, 9.17) is 9.47 Å². The molecule has 160 valence electrons. The molecule has 0 aromatic heterocycles. The molecule has 0 unspecified atom stereocenters. The Hall–Kier alpha value is -2.38. The molecule has 4 aliphatic rings. The quantitative estimate of drug-likeness (QED) is 0.431. The highest BCUT2D eigenvalue weighted by Crippen LogP contribution is 2.62. The number of ether oxygens (including phenoxy) is 2. The highest BCUT2D eigenvalue weighted by atomic mass is 16.6. The molecule has 1 aromatic rings. The number of likely N-dealkylation sites (N-methyl/N-ethyl adjacent to an activating group) is 1. The van der Waals surface area contributed by atoms with Gasteiger partial charge in [-0.1, -0.05) is 18.2 Å². The van der Waals surface area contributed by atoms with Crippen molar-refractivity contribution in [3.05, 3.63) is 35.4 Å². The molecule has 1 aromatic carbocycles. The lowest BCUT2D eigenvalue weighted by Gasteiger charge is -2.56. The molecule has 1 amide bonds. The number of hydrogen-bond acceptors (Lipinski definition) is 6. The number of esters is 1. The van der Waals surface area contributed by atoms with Crippen LogP contribution in [0.25, 0.3) is 0 Å². The summed E-state index contributed by atoms with van der Waals surface area (Å²) < 4.78 is 12.0. The maximum Gasteiger partial charge on any atom is 0.311 e. The molecule has 1 spiro atoms. The Labute approximate surface area is 176 Å².